The normalized spacial score (nSPS) is 14.4. The Morgan fingerprint density at radius 2 is 1.78 bits per heavy atom. The number of rotatable bonds is 7. The summed E-state index contributed by atoms with van der Waals surface area (Å²) >= 11 is 6.68. The molecule has 1 aliphatic rings. The van der Waals surface area contributed by atoms with E-state index in [0.717, 1.165) is 23.1 Å². The second kappa shape index (κ2) is 10.1. The molecule has 1 saturated heterocycles. The number of hydrogen-bond donors (Lipinski definition) is 0. The number of carbonyl (C=O) groups is 2. The molecule has 13 heteroatoms. The van der Waals surface area contributed by atoms with Gasteiger partial charge in [0, 0.05) is 16.7 Å². The van der Waals surface area contributed by atoms with E-state index in [-0.39, 0.29) is 33.5 Å². The van der Waals surface area contributed by atoms with Crippen molar-refractivity contribution in [2.45, 2.75) is 6.54 Å². The number of carbonyl (C=O) groups excluding carboxylic acids is 2. The summed E-state index contributed by atoms with van der Waals surface area (Å²) in [5, 5.41) is 21.7. The van der Waals surface area contributed by atoms with Gasteiger partial charge in [-0.1, -0.05) is 29.8 Å². The molecule has 36 heavy (non-hydrogen) atoms. The fourth-order valence-electron chi connectivity index (χ4n) is 3.27. The lowest BCUT2D eigenvalue weighted by atomic mass is 10.1. The Balaban J connectivity index is 1.57. The fourth-order valence-corrected chi connectivity index (χ4v) is 4.33. The number of hydrogen-bond acceptors (Lipinski definition) is 8. The van der Waals surface area contributed by atoms with Crippen molar-refractivity contribution < 1.29 is 28.6 Å². The van der Waals surface area contributed by atoms with Gasteiger partial charge >= 0.3 is 5.69 Å². The van der Waals surface area contributed by atoms with Crippen LogP contribution in [0.4, 0.5) is 20.6 Å². The zero-order valence-corrected chi connectivity index (χ0v) is 19.5. The van der Waals surface area contributed by atoms with Crippen LogP contribution in [0.15, 0.2) is 65.6 Å². The summed E-state index contributed by atoms with van der Waals surface area (Å²) in [6.45, 7) is -0.333. The van der Waals surface area contributed by atoms with Crippen LogP contribution in [-0.4, -0.2) is 25.9 Å². The second-order valence-electron chi connectivity index (χ2n) is 7.31. The van der Waals surface area contributed by atoms with E-state index in [9.17, 15) is 34.2 Å². The highest BCUT2D eigenvalue weighted by atomic mass is 35.5. The Labute approximate surface area is 211 Å². The number of nitrogens with zero attached hydrogens (tertiary/aromatic N) is 3. The van der Waals surface area contributed by atoms with Gasteiger partial charge < -0.3 is 4.74 Å². The first-order valence-electron chi connectivity index (χ1n) is 10.0. The third-order valence-corrected chi connectivity index (χ3v) is 6.25. The summed E-state index contributed by atoms with van der Waals surface area (Å²) in [5.41, 5.74) is -0.605. The summed E-state index contributed by atoms with van der Waals surface area (Å²) in [6.07, 6.45) is 1.42. The topological polar surface area (TPSA) is 133 Å². The van der Waals surface area contributed by atoms with Crippen LogP contribution in [-0.2, 0) is 11.3 Å². The molecule has 0 unspecified atom stereocenters. The van der Waals surface area contributed by atoms with Crippen LogP contribution < -0.4 is 4.74 Å². The SMILES string of the molecule is O=C1S/C(=C/c2cccc(Oc3ccc([N+](=O)[O-])cc3[N+](=O)[O-])c2)C(=O)N1Cc1c(F)cccc1Cl. The maximum Gasteiger partial charge on any atom is 0.318 e. The summed E-state index contributed by atoms with van der Waals surface area (Å²) in [5.74, 6) is -1.35. The first-order chi connectivity index (χ1) is 17.1. The van der Waals surface area contributed by atoms with Crippen molar-refractivity contribution in [1.82, 2.24) is 4.90 Å². The van der Waals surface area contributed by atoms with E-state index in [4.69, 9.17) is 16.3 Å². The van der Waals surface area contributed by atoms with Crippen LogP contribution in [0.1, 0.15) is 11.1 Å². The van der Waals surface area contributed by atoms with Gasteiger partial charge in [-0.05, 0) is 53.7 Å². The Bertz CT molecular complexity index is 1440. The molecule has 2 amide bonds. The average molecular weight is 530 g/mol. The molecular formula is C23H13ClFN3O7S. The third kappa shape index (κ3) is 5.19. The molecular weight excluding hydrogens is 517 g/mol. The van der Waals surface area contributed by atoms with Crippen LogP contribution >= 0.6 is 23.4 Å². The highest BCUT2D eigenvalue weighted by molar-refractivity contribution is 8.18. The lowest BCUT2D eigenvalue weighted by Gasteiger charge is -2.14. The molecule has 0 spiro atoms. The largest absolute Gasteiger partial charge is 0.450 e. The minimum atomic E-state index is -0.802. The van der Waals surface area contributed by atoms with E-state index in [1.54, 1.807) is 12.1 Å². The number of nitro groups is 2. The lowest BCUT2D eigenvalue weighted by Crippen LogP contribution is -2.28. The third-order valence-electron chi connectivity index (χ3n) is 4.99. The highest BCUT2D eigenvalue weighted by Gasteiger charge is 2.36. The maximum absolute atomic E-state index is 14.1. The lowest BCUT2D eigenvalue weighted by molar-refractivity contribution is -0.394. The molecule has 0 radical (unpaired) electrons. The van der Waals surface area contributed by atoms with Gasteiger partial charge in [0.2, 0.25) is 5.75 Å². The van der Waals surface area contributed by atoms with Crippen molar-refractivity contribution in [2.75, 3.05) is 0 Å². The fraction of sp³-hybridized carbons (Fsp3) is 0.0435. The number of nitro benzene ring substituents is 2. The van der Waals surface area contributed by atoms with Gasteiger partial charge in [0.15, 0.2) is 0 Å². The number of imide groups is 1. The Morgan fingerprint density at radius 3 is 2.47 bits per heavy atom. The minimum Gasteiger partial charge on any atom is -0.450 e. The quantitative estimate of drug-likeness (QED) is 0.197. The van der Waals surface area contributed by atoms with Crippen LogP contribution in [0.3, 0.4) is 0 Å². The van der Waals surface area contributed by atoms with E-state index in [0.29, 0.717) is 17.3 Å². The molecule has 1 heterocycles. The minimum absolute atomic E-state index is 0.0165. The Kier molecular flexibility index (Phi) is 6.99. The molecule has 1 fully saturated rings. The van der Waals surface area contributed by atoms with Crippen molar-refractivity contribution in [1.29, 1.82) is 0 Å². The molecule has 4 rings (SSSR count). The molecule has 182 valence electrons. The maximum atomic E-state index is 14.1. The molecule has 0 aromatic heterocycles. The number of thioether (sulfide) groups is 1. The zero-order chi connectivity index (χ0) is 26.0. The van der Waals surface area contributed by atoms with Crippen LogP contribution in [0.2, 0.25) is 5.02 Å². The molecule has 10 nitrogen and oxygen atoms in total. The van der Waals surface area contributed by atoms with Crippen molar-refractivity contribution in [2.24, 2.45) is 0 Å². The van der Waals surface area contributed by atoms with Crippen molar-refractivity contribution in [3.8, 4) is 11.5 Å². The molecule has 3 aromatic rings. The molecule has 0 N–H and O–H groups in total. The van der Waals surface area contributed by atoms with Gasteiger partial charge in [0.1, 0.15) is 11.6 Å². The van der Waals surface area contributed by atoms with Gasteiger partial charge in [0.05, 0.1) is 27.4 Å². The number of ether oxygens (including phenoxy) is 1. The number of benzene rings is 3. The Morgan fingerprint density at radius 1 is 1.03 bits per heavy atom. The van der Waals surface area contributed by atoms with Crippen LogP contribution in [0.5, 0.6) is 11.5 Å². The standard InChI is InChI=1S/C23H13ClFN3O7S/c24-17-5-2-6-18(25)16(17)12-26-22(29)21(36-23(26)30)10-13-3-1-4-15(9-13)35-20-8-7-14(27(31)32)11-19(20)28(33)34/h1-11H,12H2/b21-10+. The molecule has 0 aliphatic carbocycles. The highest BCUT2D eigenvalue weighted by Crippen LogP contribution is 2.37. The Hall–Kier alpha value is -4.29. The molecule has 0 atom stereocenters. The smallest absolute Gasteiger partial charge is 0.318 e. The van der Waals surface area contributed by atoms with Gasteiger partial charge in [-0.2, -0.15) is 0 Å². The summed E-state index contributed by atoms with van der Waals surface area (Å²) in [6, 6.07) is 13.1. The first-order valence-corrected chi connectivity index (χ1v) is 11.2. The second-order valence-corrected chi connectivity index (χ2v) is 8.71. The number of amides is 2. The van der Waals surface area contributed by atoms with Gasteiger partial charge in [0.25, 0.3) is 16.8 Å². The van der Waals surface area contributed by atoms with Crippen molar-refractivity contribution in [3.05, 3.63) is 108 Å². The van der Waals surface area contributed by atoms with Crippen LogP contribution in [0, 0.1) is 26.0 Å². The van der Waals surface area contributed by atoms with E-state index in [1.165, 1.54) is 36.4 Å². The summed E-state index contributed by atoms with van der Waals surface area (Å²) in [4.78, 5) is 46.9. The molecule has 0 saturated carbocycles. The van der Waals surface area contributed by atoms with Gasteiger partial charge in [-0.3, -0.25) is 34.7 Å². The van der Waals surface area contributed by atoms with Crippen LogP contribution in [0.25, 0.3) is 6.08 Å². The molecule has 1 aliphatic heterocycles. The predicted octanol–water partition coefficient (Wildman–Crippen LogP) is 6.32. The van der Waals surface area contributed by atoms with E-state index in [2.05, 4.69) is 0 Å². The van der Waals surface area contributed by atoms with E-state index >= 15 is 0 Å². The van der Waals surface area contributed by atoms with E-state index in [1.807, 2.05) is 0 Å². The first kappa shape index (κ1) is 24.8. The zero-order valence-electron chi connectivity index (χ0n) is 17.9. The monoisotopic (exact) mass is 529 g/mol. The van der Waals surface area contributed by atoms with Gasteiger partial charge in [-0.25, -0.2) is 4.39 Å². The van der Waals surface area contributed by atoms with E-state index < -0.39 is 38.2 Å². The van der Waals surface area contributed by atoms with Gasteiger partial charge in [-0.15, -0.1) is 0 Å². The predicted molar refractivity (Wildman–Crippen MR) is 129 cm³/mol. The molecule has 3 aromatic carbocycles. The van der Waals surface area contributed by atoms with Crippen molar-refractivity contribution >= 4 is 52.0 Å². The molecule has 0 bridgehead atoms. The number of non-ortho nitro benzene ring substituents is 1. The average Bonchev–Trinajstić information content (AvgIpc) is 3.08. The summed E-state index contributed by atoms with van der Waals surface area (Å²) in [7, 11) is 0. The van der Waals surface area contributed by atoms with Crippen molar-refractivity contribution in [3.63, 3.8) is 0 Å². The number of halogens is 2. The summed E-state index contributed by atoms with van der Waals surface area (Å²) < 4.78 is 19.7.